The fraction of sp³-hybridized carbons (Fsp3) is 0.846. The van der Waals surface area contributed by atoms with Crippen LogP contribution in [0, 0.1) is 5.92 Å². The van der Waals surface area contributed by atoms with Crippen molar-refractivity contribution in [2.24, 2.45) is 5.92 Å². The number of hydrogen-bond donors (Lipinski definition) is 0. The number of ketones is 2. The second-order valence-corrected chi connectivity index (χ2v) is 4.62. The van der Waals surface area contributed by atoms with Crippen LogP contribution >= 0.6 is 0 Å². The summed E-state index contributed by atoms with van der Waals surface area (Å²) in [7, 11) is 0. The minimum atomic E-state index is 0.232. The zero-order chi connectivity index (χ0) is 12.0. The van der Waals surface area contributed by atoms with Crippen LogP contribution in [0.5, 0.6) is 0 Å². The Labute approximate surface area is 98.2 Å². The molecule has 1 unspecified atom stereocenters. The van der Waals surface area contributed by atoms with E-state index < -0.39 is 0 Å². The molecule has 0 aromatic heterocycles. The number of Topliss-reactive ketones (excluding diaryl/α,β-unsaturated/α-hetero) is 2. The Kier molecular flexibility index (Phi) is 5.67. The van der Waals surface area contributed by atoms with Gasteiger partial charge in [0.05, 0.1) is 0 Å². The van der Waals surface area contributed by atoms with Crippen LogP contribution in [-0.4, -0.2) is 36.1 Å². The van der Waals surface area contributed by atoms with Gasteiger partial charge in [-0.05, 0) is 19.4 Å². The van der Waals surface area contributed by atoms with Gasteiger partial charge >= 0.3 is 0 Å². The lowest BCUT2D eigenvalue weighted by Gasteiger charge is -2.31. The summed E-state index contributed by atoms with van der Waals surface area (Å²) in [5, 5.41) is 0. The van der Waals surface area contributed by atoms with E-state index in [2.05, 4.69) is 11.8 Å². The third-order valence-electron chi connectivity index (χ3n) is 3.43. The van der Waals surface area contributed by atoms with Crippen molar-refractivity contribution in [3.05, 3.63) is 0 Å². The molecule has 1 saturated heterocycles. The van der Waals surface area contributed by atoms with E-state index in [0.29, 0.717) is 30.8 Å². The molecule has 1 fully saturated rings. The summed E-state index contributed by atoms with van der Waals surface area (Å²) in [5.74, 6) is 0.999. The number of carbonyl (C=O) groups excluding carboxylic acids is 2. The van der Waals surface area contributed by atoms with Crippen molar-refractivity contribution >= 4 is 11.6 Å². The fourth-order valence-electron chi connectivity index (χ4n) is 2.21. The first-order chi connectivity index (χ1) is 7.67. The molecule has 0 bridgehead atoms. The van der Waals surface area contributed by atoms with Crippen molar-refractivity contribution in [1.82, 2.24) is 4.90 Å². The molecule has 1 rings (SSSR count). The summed E-state index contributed by atoms with van der Waals surface area (Å²) < 4.78 is 0. The monoisotopic (exact) mass is 225 g/mol. The number of rotatable bonds is 6. The van der Waals surface area contributed by atoms with E-state index in [1.807, 2.05) is 6.92 Å². The topological polar surface area (TPSA) is 37.4 Å². The largest absolute Gasteiger partial charge is 0.302 e. The lowest BCUT2D eigenvalue weighted by Crippen LogP contribution is -2.41. The lowest BCUT2D eigenvalue weighted by molar-refractivity contribution is -0.126. The molecule has 1 aliphatic heterocycles. The molecule has 92 valence electrons. The number of nitrogens with zero attached hydrogens (tertiary/aromatic N) is 1. The van der Waals surface area contributed by atoms with Gasteiger partial charge in [0.15, 0.2) is 0 Å². The highest BCUT2D eigenvalue weighted by molar-refractivity contribution is 5.82. The average Bonchev–Trinajstić information content (AvgIpc) is 2.31. The number of hydrogen-bond acceptors (Lipinski definition) is 3. The predicted octanol–water partition coefficient (Wildman–Crippen LogP) is 2.05. The number of carbonyl (C=O) groups is 2. The fourth-order valence-corrected chi connectivity index (χ4v) is 2.21. The molecule has 0 saturated carbocycles. The molecule has 1 heterocycles. The highest BCUT2D eigenvalue weighted by Crippen LogP contribution is 2.16. The van der Waals surface area contributed by atoms with E-state index in [4.69, 9.17) is 0 Å². The van der Waals surface area contributed by atoms with Crippen LogP contribution in [-0.2, 0) is 9.59 Å². The highest BCUT2D eigenvalue weighted by atomic mass is 16.1. The van der Waals surface area contributed by atoms with Gasteiger partial charge in [-0.3, -0.25) is 9.59 Å². The summed E-state index contributed by atoms with van der Waals surface area (Å²) in [6.45, 7) is 6.74. The van der Waals surface area contributed by atoms with Crippen LogP contribution in [0.2, 0.25) is 0 Å². The first-order valence-electron chi connectivity index (χ1n) is 6.44. The quantitative estimate of drug-likeness (QED) is 0.694. The molecular weight excluding hydrogens is 202 g/mol. The third-order valence-corrected chi connectivity index (χ3v) is 3.43. The molecule has 1 aliphatic rings. The van der Waals surface area contributed by atoms with Crippen molar-refractivity contribution in [3.8, 4) is 0 Å². The van der Waals surface area contributed by atoms with Crippen molar-refractivity contribution < 1.29 is 9.59 Å². The van der Waals surface area contributed by atoms with Gasteiger partial charge in [0.1, 0.15) is 11.6 Å². The molecule has 1 atom stereocenters. The molecule has 0 amide bonds. The molecule has 0 radical (unpaired) electrons. The van der Waals surface area contributed by atoms with Gasteiger partial charge < -0.3 is 4.90 Å². The van der Waals surface area contributed by atoms with E-state index in [0.717, 1.165) is 32.5 Å². The van der Waals surface area contributed by atoms with Crippen molar-refractivity contribution in [3.63, 3.8) is 0 Å². The van der Waals surface area contributed by atoms with Crippen LogP contribution in [0.25, 0.3) is 0 Å². The Balaban J connectivity index is 2.23. The van der Waals surface area contributed by atoms with Crippen molar-refractivity contribution in [2.45, 2.75) is 46.0 Å². The van der Waals surface area contributed by atoms with E-state index in [-0.39, 0.29) is 5.92 Å². The molecule has 16 heavy (non-hydrogen) atoms. The molecule has 0 aromatic rings. The third kappa shape index (κ3) is 4.05. The van der Waals surface area contributed by atoms with Gasteiger partial charge in [-0.2, -0.15) is 0 Å². The molecule has 0 spiro atoms. The van der Waals surface area contributed by atoms with Crippen molar-refractivity contribution in [1.29, 1.82) is 0 Å². The standard InChI is InChI=1S/C13H23NO2/c1-3-11-10-14(9-7-13(11)16)8-5-6-12(15)4-2/h11H,3-10H2,1-2H3. The maximum Gasteiger partial charge on any atom is 0.138 e. The van der Waals surface area contributed by atoms with Gasteiger partial charge in [0.2, 0.25) is 0 Å². The Morgan fingerprint density at radius 3 is 2.81 bits per heavy atom. The second-order valence-electron chi connectivity index (χ2n) is 4.62. The first-order valence-corrected chi connectivity index (χ1v) is 6.44. The number of piperidine rings is 1. The second kappa shape index (κ2) is 6.79. The summed E-state index contributed by atoms with van der Waals surface area (Å²) in [5.41, 5.74) is 0. The highest BCUT2D eigenvalue weighted by Gasteiger charge is 2.25. The zero-order valence-corrected chi connectivity index (χ0v) is 10.5. The van der Waals surface area contributed by atoms with E-state index in [1.54, 1.807) is 0 Å². The Hall–Kier alpha value is -0.700. The van der Waals surface area contributed by atoms with Crippen LogP contribution in [0.1, 0.15) is 46.0 Å². The molecule has 3 heteroatoms. The first kappa shape index (κ1) is 13.4. The minimum Gasteiger partial charge on any atom is -0.302 e. The summed E-state index contributed by atoms with van der Waals surface area (Å²) in [4.78, 5) is 25.0. The average molecular weight is 225 g/mol. The zero-order valence-electron chi connectivity index (χ0n) is 10.5. The predicted molar refractivity (Wildman–Crippen MR) is 64.4 cm³/mol. The summed E-state index contributed by atoms with van der Waals surface area (Å²) in [6.07, 6.45) is 3.93. The Bertz CT molecular complexity index is 250. The molecule has 0 N–H and O–H groups in total. The van der Waals surface area contributed by atoms with Crippen molar-refractivity contribution in [2.75, 3.05) is 19.6 Å². The summed E-state index contributed by atoms with van der Waals surface area (Å²) >= 11 is 0. The summed E-state index contributed by atoms with van der Waals surface area (Å²) in [6, 6.07) is 0. The maximum absolute atomic E-state index is 11.5. The Morgan fingerprint density at radius 1 is 1.44 bits per heavy atom. The van der Waals surface area contributed by atoms with E-state index >= 15 is 0 Å². The SMILES string of the molecule is CCC(=O)CCCN1CCC(=O)C(CC)C1. The van der Waals surface area contributed by atoms with Crippen LogP contribution < -0.4 is 0 Å². The minimum absolute atomic E-state index is 0.232. The van der Waals surface area contributed by atoms with Crippen LogP contribution in [0.15, 0.2) is 0 Å². The lowest BCUT2D eigenvalue weighted by atomic mass is 9.94. The van der Waals surface area contributed by atoms with Gasteiger partial charge in [-0.1, -0.05) is 13.8 Å². The van der Waals surface area contributed by atoms with Crippen LogP contribution in [0.3, 0.4) is 0 Å². The Morgan fingerprint density at radius 2 is 2.19 bits per heavy atom. The van der Waals surface area contributed by atoms with Gasteiger partial charge in [0.25, 0.3) is 0 Å². The van der Waals surface area contributed by atoms with Gasteiger partial charge in [-0.25, -0.2) is 0 Å². The molecule has 0 aromatic carbocycles. The molecular formula is C13H23NO2. The number of likely N-dealkylation sites (tertiary alicyclic amines) is 1. The van der Waals surface area contributed by atoms with Crippen LogP contribution in [0.4, 0.5) is 0 Å². The molecule has 3 nitrogen and oxygen atoms in total. The van der Waals surface area contributed by atoms with Gasteiger partial charge in [-0.15, -0.1) is 0 Å². The van der Waals surface area contributed by atoms with E-state index in [9.17, 15) is 9.59 Å². The van der Waals surface area contributed by atoms with Gasteiger partial charge in [0, 0.05) is 38.3 Å². The smallest absolute Gasteiger partial charge is 0.138 e. The maximum atomic E-state index is 11.5. The molecule has 0 aliphatic carbocycles. The van der Waals surface area contributed by atoms with E-state index in [1.165, 1.54) is 0 Å². The normalized spacial score (nSPS) is 22.4.